The number of hydrogen-bond acceptors (Lipinski definition) is 6. The first kappa shape index (κ1) is 20.4. The van der Waals surface area contributed by atoms with Crippen LogP contribution in [0.5, 0.6) is 0 Å². The Bertz CT molecular complexity index is 638. The summed E-state index contributed by atoms with van der Waals surface area (Å²) in [4.78, 5) is 31.3. The summed E-state index contributed by atoms with van der Waals surface area (Å²) in [5, 5.41) is 0. The fraction of sp³-hybridized carbons (Fsp3) is 0.600. The molecule has 2 amide bonds. The van der Waals surface area contributed by atoms with Crippen molar-refractivity contribution in [1.29, 1.82) is 0 Å². The Morgan fingerprint density at radius 3 is 2.57 bits per heavy atom. The molecule has 8 nitrogen and oxygen atoms in total. The Morgan fingerprint density at radius 2 is 1.89 bits per heavy atom. The van der Waals surface area contributed by atoms with Crippen molar-refractivity contribution in [2.24, 2.45) is 5.92 Å². The Morgan fingerprint density at radius 1 is 1.14 bits per heavy atom. The van der Waals surface area contributed by atoms with E-state index in [0.717, 1.165) is 37.7 Å². The molecule has 2 fully saturated rings. The molecule has 1 aromatic rings. The van der Waals surface area contributed by atoms with Gasteiger partial charge in [-0.25, -0.2) is 15.1 Å². The zero-order valence-electron chi connectivity index (χ0n) is 16.1. The van der Waals surface area contributed by atoms with Gasteiger partial charge in [0.25, 0.3) is 0 Å². The van der Waals surface area contributed by atoms with Crippen molar-refractivity contribution in [2.75, 3.05) is 25.4 Å². The molecule has 3 N–H and O–H groups in total. The molecule has 2 aliphatic rings. The van der Waals surface area contributed by atoms with Crippen LogP contribution in [-0.2, 0) is 25.7 Å². The van der Waals surface area contributed by atoms with Gasteiger partial charge in [0, 0.05) is 38.2 Å². The number of ether oxygens (including phenoxy) is 2. The van der Waals surface area contributed by atoms with E-state index in [0.29, 0.717) is 31.8 Å². The van der Waals surface area contributed by atoms with Gasteiger partial charge in [-0.05, 0) is 49.3 Å². The molecule has 0 saturated carbocycles. The molecular weight excluding hydrogens is 362 g/mol. The summed E-state index contributed by atoms with van der Waals surface area (Å²) >= 11 is 0. The van der Waals surface area contributed by atoms with Gasteiger partial charge in [-0.3, -0.25) is 4.79 Å². The number of carbonyl (C=O) groups excluding carboxylic acids is 2. The second-order valence-electron chi connectivity index (χ2n) is 7.37. The number of hydroxylamine groups is 1. The fourth-order valence-electron chi connectivity index (χ4n) is 3.41. The number of likely N-dealkylation sites (tertiary alicyclic amines) is 1. The fourth-order valence-corrected chi connectivity index (χ4v) is 3.41. The Hall–Kier alpha value is -2.32. The number of nitrogens with one attached hydrogen (secondary N) is 1. The summed E-state index contributed by atoms with van der Waals surface area (Å²) in [5.41, 5.74) is 9.72. The van der Waals surface area contributed by atoms with Gasteiger partial charge in [-0.2, -0.15) is 0 Å². The van der Waals surface area contributed by atoms with E-state index < -0.39 is 0 Å². The summed E-state index contributed by atoms with van der Waals surface area (Å²) in [7, 11) is 0. The van der Waals surface area contributed by atoms with E-state index in [9.17, 15) is 9.59 Å². The van der Waals surface area contributed by atoms with Gasteiger partial charge >= 0.3 is 6.09 Å². The SMILES string of the molecule is Nc1ccc(COC(=O)N2CCC(CC(=O)NOC3CCCCO3)CC2)cc1. The predicted molar refractivity (Wildman–Crippen MR) is 103 cm³/mol. The van der Waals surface area contributed by atoms with Crippen molar-refractivity contribution < 1.29 is 23.9 Å². The molecule has 154 valence electrons. The van der Waals surface area contributed by atoms with Crippen LogP contribution in [-0.4, -0.2) is 42.9 Å². The number of hydrogen-bond donors (Lipinski definition) is 2. The minimum Gasteiger partial charge on any atom is -0.445 e. The van der Waals surface area contributed by atoms with E-state index >= 15 is 0 Å². The van der Waals surface area contributed by atoms with Crippen molar-refractivity contribution in [3.8, 4) is 0 Å². The van der Waals surface area contributed by atoms with E-state index in [1.807, 2.05) is 12.1 Å². The third kappa shape index (κ3) is 6.38. The molecule has 1 aromatic carbocycles. The van der Waals surface area contributed by atoms with Crippen LogP contribution in [0.25, 0.3) is 0 Å². The number of nitrogen functional groups attached to an aromatic ring is 1. The molecule has 1 unspecified atom stereocenters. The number of carbonyl (C=O) groups is 2. The van der Waals surface area contributed by atoms with Gasteiger partial charge in [0.15, 0.2) is 6.29 Å². The monoisotopic (exact) mass is 391 g/mol. The maximum absolute atomic E-state index is 12.2. The lowest BCUT2D eigenvalue weighted by atomic mass is 9.93. The molecule has 0 bridgehead atoms. The van der Waals surface area contributed by atoms with Crippen molar-refractivity contribution in [1.82, 2.24) is 10.4 Å². The highest BCUT2D eigenvalue weighted by Gasteiger charge is 2.26. The third-order valence-electron chi connectivity index (χ3n) is 5.13. The number of amides is 2. The molecular formula is C20H29N3O5. The molecule has 0 aliphatic carbocycles. The zero-order chi connectivity index (χ0) is 19.8. The van der Waals surface area contributed by atoms with E-state index in [2.05, 4.69) is 5.48 Å². The smallest absolute Gasteiger partial charge is 0.410 e. The molecule has 2 heterocycles. The van der Waals surface area contributed by atoms with Crippen LogP contribution < -0.4 is 11.2 Å². The maximum atomic E-state index is 12.2. The summed E-state index contributed by atoms with van der Waals surface area (Å²) < 4.78 is 10.8. The second-order valence-corrected chi connectivity index (χ2v) is 7.37. The average molecular weight is 391 g/mol. The largest absolute Gasteiger partial charge is 0.445 e. The van der Waals surface area contributed by atoms with Gasteiger partial charge in [0.2, 0.25) is 5.91 Å². The van der Waals surface area contributed by atoms with E-state index in [1.165, 1.54) is 0 Å². The van der Waals surface area contributed by atoms with E-state index in [-0.39, 0.29) is 30.8 Å². The second kappa shape index (κ2) is 10.3. The molecule has 3 rings (SSSR count). The summed E-state index contributed by atoms with van der Waals surface area (Å²) in [5.74, 6) is 0.0931. The third-order valence-corrected chi connectivity index (χ3v) is 5.13. The summed E-state index contributed by atoms with van der Waals surface area (Å²) in [6, 6.07) is 7.25. The van der Waals surface area contributed by atoms with Crippen LogP contribution in [0.1, 0.15) is 44.1 Å². The number of piperidine rings is 1. The van der Waals surface area contributed by atoms with Crippen LogP contribution in [0, 0.1) is 5.92 Å². The lowest BCUT2D eigenvalue weighted by molar-refractivity contribution is -0.200. The summed E-state index contributed by atoms with van der Waals surface area (Å²) in [6.45, 7) is 2.08. The Labute approximate surface area is 165 Å². The molecule has 8 heteroatoms. The van der Waals surface area contributed by atoms with Crippen LogP contribution in [0.3, 0.4) is 0 Å². The van der Waals surface area contributed by atoms with Gasteiger partial charge in [-0.15, -0.1) is 0 Å². The van der Waals surface area contributed by atoms with E-state index in [4.69, 9.17) is 20.0 Å². The number of benzene rings is 1. The van der Waals surface area contributed by atoms with Crippen LogP contribution in [0.4, 0.5) is 10.5 Å². The maximum Gasteiger partial charge on any atom is 0.410 e. The topological polar surface area (TPSA) is 103 Å². The zero-order valence-corrected chi connectivity index (χ0v) is 16.1. The molecule has 28 heavy (non-hydrogen) atoms. The highest BCUT2D eigenvalue weighted by molar-refractivity contribution is 5.75. The summed E-state index contributed by atoms with van der Waals surface area (Å²) in [6.07, 6.45) is 4.16. The molecule has 0 aromatic heterocycles. The standard InChI is InChI=1S/C20H29N3O5/c21-17-6-4-16(5-7-17)14-27-20(25)23-10-8-15(9-11-23)13-18(24)22-28-19-3-1-2-12-26-19/h4-7,15,19H,1-3,8-14,21H2,(H,22,24). The Kier molecular flexibility index (Phi) is 7.50. The highest BCUT2D eigenvalue weighted by atomic mass is 16.8. The highest BCUT2D eigenvalue weighted by Crippen LogP contribution is 2.21. The number of anilines is 1. The normalized spacial score (nSPS) is 20.6. The average Bonchev–Trinajstić information content (AvgIpc) is 2.73. The van der Waals surface area contributed by atoms with Gasteiger partial charge < -0.3 is 20.1 Å². The molecule has 1 atom stereocenters. The van der Waals surface area contributed by atoms with Crippen LogP contribution in [0.15, 0.2) is 24.3 Å². The first-order valence-electron chi connectivity index (χ1n) is 9.92. The first-order chi connectivity index (χ1) is 13.6. The molecule has 2 aliphatic heterocycles. The molecule has 0 radical (unpaired) electrons. The predicted octanol–water partition coefficient (Wildman–Crippen LogP) is 2.58. The van der Waals surface area contributed by atoms with Crippen molar-refractivity contribution in [3.05, 3.63) is 29.8 Å². The molecule has 0 spiro atoms. The van der Waals surface area contributed by atoms with E-state index in [1.54, 1.807) is 17.0 Å². The Balaban J connectivity index is 1.31. The van der Waals surface area contributed by atoms with Gasteiger partial charge in [-0.1, -0.05) is 12.1 Å². The molecule has 2 saturated heterocycles. The van der Waals surface area contributed by atoms with Crippen LogP contribution in [0.2, 0.25) is 0 Å². The van der Waals surface area contributed by atoms with Crippen LogP contribution >= 0.6 is 0 Å². The lowest BCUT2D eigenvalue weighted by Crippen LogP contribution is -2.40. The number of nitrogens with zero attached hydrogens (tertiary/aromatic N) is 1. The van der Waals surface area contributed by atoms with Gasteiger partial charge in [0.05, 0.1) is 0 Å². The minimum absolute atomic E-state index is 0.140. The van der Waals surface area contributed by atoms with Crippen molar-refractivity contribution >= 4 is 17.7 Å². The van der Waals surface area contributed by atoms with Gasteiger partial charge in [0.1, 0.15) is 6.61 Å². The number of rotatable bonds is 6. The first-order valence-corrected chi connectivity index (χ1v) is 9.92. The number of nitrogens with two attached hydrogens (primary N) is 1. The minimum atomic E-state index is -0.338. The van der Waals surface area contributed by atoms with Crippen molar-refractivity contribution in [2.45, 2.75) is 51.4 Å². The van der Waals surface area contributed by atoms with Crippen molar-refractivity contribution in [3.63, 3.8) is 0 Å². The lowest BCUT2D eigenvalue weighted by Gasteiger charge is -2.31. The quantitative estimate of drug-likeness (QED) is 0.571.